The SMILES string of the molecule is O=C(NNC(=O)[C@H]1Cc2ccccc2O1)c1cccs1. The van der Waals surface area contributed by atoms with E-state index in [9.17, 15) is 9.59 Å². The Bertz CT molecular complexity index is 615. The summed E-state index contributed by atoms with van der Waals surface area (Å²) in [6.07, 6.45) is -0.0901. The number of carbonyl (C=O) groups is 2. The third kappa shape index (κ3) is 2.50. The van der Waals surface area contributed by atoms with Crippen LogP contribution in [0.2, 0.25) is 0 Å². The zero-order valence-corrected chi connectivity index (χ0v) is 11.3. The van der Waals surface area contributed by atoms with Crippen LogP contribution in [0.15, 0.2) is 41.8 Å². The summed E-state index contributed by atoms with van der Waals surface area (Å²) in [5.41, 5.74) is 5.77. The Balaban J connectivity index is 1.55. The summed E-state index contributed by atoms with van der Waals surface area (Å²) in [6.45, 7) is 0. The second-order valence-electron chi connectivity index (χ2n) is 4.34. The van der Waals surface area contributed by atoms with Crippen LogP contribution in [0.5, 0.6) is 5.75 Å². The molecule has 0 saturated carbocycles. The molecule has 0 fully saturated rings. The van der Waals surface area contributed by atoms with Crippen LogP contribution in [0.3, 0.4) is 0 Å². The molecule has 2 aromatic rings. The predicted octanol–water partition coefficient (Wildman–Crippen LogP) is 1.51. The molecule has 1 aromatic carbocycles. The summed E-state index contributed by atoms with van der Waals surface area (Å²) in [5, 5.41) is 1.80. The predicted molar refractivity (Wildman–Crippen MR) is 74.5 cm³/mol. The Morgan fingerprint density at radius 3 is 2.75 bits per heavy atom. The maximum absolute atomic E-state index is 11.9. The lowest BCUT2D eigenvalue weighted by atomic mass is 10.1. The average molecular weight is 288 g/mol. The summed E-state index contributed by atoms with van der Waals surface area (Å²) >= 11 is 1.31. The molecule has 1 atom stereocenters. The van der Waals surface area contributed by atoms with Crippen LogP contribution in [0.1, 0.15) is 15.2 Å². The van der Waals surface area contributed by atoms with Crippen molar-refractivity contribution in [2.45, 2.75) is 12.5 Å². The summed E-state index contributed by atoms with van der Waals surface area (Å²) in [7, 11) is 0. The zero-order chi connectivity index (χ0) is 13.9. The van der Waals surface area contributed by atoms with E-state index in [0.29, 0.717) is 11.3 Å². The number of rotatable bonds is 2. The molecule has 2 heterocycles. The first-order valence-corrected chi connectivity index (χ1v) is 7.00. The Morgan fingerprint density at radius 2 is 2.00 bits per heavy atom. The monoisotopic (exact) mass is 288 g/mol. The standard InChI is InChI=1S/C14H12N2O3S/c17-13(15-16-14(18)12-6-3-7-20-12)11-8-9-4-1-2-5-10(9)19-11/h1-7,11H,8H2,(H,15,17)(H,16,18)/t11-/m1/s1. The van der Waals surface area contributed by atoms with Gasteiger partial charge in [-0.05, 0) is 23.1 Å². The van der Waals surface area contributed by atoms with Gasteiger partial charge in [0.15, 0.2) is 6.10 Å². The highest BCUT2D eigenvalue weighted by molar-refractivity contribution is 7.12. The van der Waals surface area contributed by atoms with Crippen LogP contribution in [0, 0.1) is 0 Å². The molecule has 3 rings (SSSR count). The Labute approximate surface area is 119 Å². The fourth-order valence-electron chi connectivity index (χ4n) is 2.00. The third-order valence-electron chi connectivity index (χ3n) is 2.98. The molecule has 0 saturated heterocycles. The molecule has 5 nitrogen and oxygen atoms in total. The molecule has 0 radical (unpaired) electrons. The van der Waals surface area contributed by atoms with Crippen LogP contribution in [0.4, 0.5) is 0 Å². The molecule has 0 unspecified atom stereocenters. The first-order valence-electron chi connectivity index (χ1n) is 6.12. The number of thiophene rings is 1. The average Bonchev–Trinajstić information content (AvgIpc) is 3.12. The molecule has 2 amide bonds. The van der Waals surface area contributed by atoms with Gasteiger partial charge < -0.3 is 4.74 Å². The Hall–Kier alpha value is -2.34. The second-order valence-corrected chi connectivity index (χ2v) is 5.29. The lowest BCUT2D eigenvalue weighted by molar-refractivity contribution is -0.128. The number of para-hydroxylation sites is 1. The first kappa shape index (κ1) is 12.7. The lowest BCUT2D eigenvalue weighted by Gasteiger charge is -2.11. The van der Waals surface area contributed by atoms with Gasteiger partial charge in [-0.15, -0.1) is 11.3 Å². The van der Waals surface area contributed by atoms with Crippen LogP contribution in [0.25, 0.3) is 0 Å². The maximum Gasteiger partial charge on any atom is 0.279 e. The Morgan fingerprint density at radius 1 is 1.15 bits per heavy atom. The summed E-state index contributed by atoms with van der Waals surface area (Å²) in [6, 6.07) is 11.0. The fourth-order valence-corrected chi connectivity index (χ4v) is 2.62. The van der Waals surface area contributed by atoms with E-state index in [1.54, 1.807) is 17.5 Å². The molecule has 0 aliphatic carbocycles. The number of hydrogen-bond acceptors (Lipinski definition) is 4. The molecule has 102 valence electrons. The fraction of sp³-hybridized carbons (Fsp3) is 0.143. The van der Waals surface area contributed by atoms with Crippen molar-refractivity contribution in [2.75, 3.05) is 0 Å². The van der Waals surface area contributed by atoms with E-state index in [0.717, 1.165) is 11.3 Å². The van der Waals surface area contributed by atoms with E-state index in [-0.39, 0.29) is 11.8 Å². The normalized spacial score (nSPS) is 16.1. The molecule has 6 heteroatoms. The molecule has 2 N–H and O–H groups in total. The van der Waals surface area contributed by atoms with E-state index in [4.69, 9.17) is 4.74 Å². The number of nitrogens with one attached hydrogen (secondary N) is 2. The van der Waals surface area contributed by atoms with E-state index < -0.39 is 6.10 Å². The highest BCUT2D eigenvalue weighted by Gasteiger charge is 2.28. The number of amides is 2. The van der Waals surface area contributed by atoms with Crippen molar-refractivity contribution in [3.8, 4) is 5.75 Å². The van der Waals surface area contributed by atoms with E-state index in [1.165, 1.54) is 11.3 Å². The summed E-state index contributed by atoms with van der Waals surface area (Å²) in [4.78, 5) is 24.2. The molecule has 1 aliphatic rings. The smallest absolute Gasteiger partial charge is 0.279 e. The van der Waals surface area contributed by atoms with Crippen molar-refractivity contribution in [1.82, 2.24) is 10.9 Å². The van der Waals surface area contributed by atoms with Gasteiger partial charge in [0.25, 0.3) is 11.8 Å². The van der Waals surface area contributed by atoms with Crippen LogP contribution in [-0.4, -0.2) is 17.9 Å². The number of hydrogen-bond donors (Lipinski definition) is 2. The third-order valence-corrected chi connectivity index (χ3v) is 3.85. The van der Waals surface area contributed by atoms with Gasteiger partial charge in [-0.3, -0.25) is 20.4 Å². The van der Waals surface area contributed by atoms with E-state index >= 15 is 0 Å². The molecule has 20 heavy (non-hydrogen) atoms. The van der Waals surface area contributed by atoms with Crippen LogP contribution < -0.4 is 15.6 Å². The van der Waals surface area contributed by atoms with Gasteiger partial charge in [-0.2, -0.15) is 0 Å². The van der Waals surface area contributed by atoms with Gasteiger partial charge in [0.2, 0.25) is 0 Å². The molecular formula is C14H12N2O3S. The van der Waals surface area contributed by atoms with Crippen molar-refractivity contribution in [1.29, 1.82) is 0 Å². The summed E-state index contributed by atoms with van der Waals surface area (Å²) < 4.78 is 5.53. The molecular weight excluding hydrogens is 276 g/mol. The van der Waals surface area contributed by atoms with Gasteiger partial charge in [0, 0.05) is 6.42 Å². The minimum absolute atomic E-state index is 0.330. The summed E-state index contributed by atoms with van der Waals surface area (Å²) in [5.74, 6) is 0.0344. The van der Waals surface area contributed by atoms with Gasteiger partial charge in [0.05, 0.1) is 4.88 Å². The molecule has 1 aliphatic heterocycles. The van der Waals surface area contributed by atoms with Crippen molar-refractivity contribution in [3.05, 3.63) is 52.2 Å². The highest BCUT2D eigenvalue weighted by Crippen LogP contribution is 2.27. The number of ether oxygens (including phenoxy) is 1. The van der Waals surface area contributed by atoms with Crippen molar-refractivity contribution >= 4 is 23.2 Å². The van der Waals surface area contributed by atoms with Gasteiger partial charge in [-0.25, -0.2) is 0 Å². The van der Waals surface area contributed by atoms with Gasteiger partial charge in [0.1, 0.15) is 5.75 Å². The number of benzene rings is 1. The minimum Gasteiger partial charge on any atom is -0.480 e. The van der Waals surface area contributed by atoms with Crippen molar-refractivity contribution < 1.29 is 14.3 Å². The van der Waals surface area contributed by atoms with Gasteiger partial charge in [-0.1, -0.05) is 24.3 Å². The van der Waals surface area contributed by atoms with Crippen LogP contribution >= 0.6 is 11.3 Å². The van der Waals surface area contributed by atoms with Gasteiger partial charge >= 0.3 is 0 Å². The van der Waals surface area contributed by atoms with E-state index in [2.05, 4.69) is 10.9 Å². The highest BCUT2D eigenvalue weighted by atomic mass is 32.1. The molecule has 0 spiro atoms. The molecule has 1 aromatic heterocycles. The zero-order valence-electron chi connectivity index (χ0n) is 10.5. The quantitative estimate of drug-likeness (QED) is 0.823. The molecule has 0 bridgehead atoms. The first-order chi connectivity index (χ1) is 9.74. The number of hydrazine groups is 1. The number of fused-ring (bicyclic) bond motifs is 1. The number of carbonyl (C=O) groups excluding carboxylic acids is 2. The lowest BCUT2D eigenvalue weighted by Crippen LogP contribution is -2.47. The van der Waals surface area contributed by atoms with Crippen LogP contribution in [-0.2, 0) is 11.2 Å². The second kappa shape index (κ2) is 5.34. The Kier molecular flexibility index (Phi) is 3.39. The van der Waals surface area contributed by atoms with Crippen molar-refractivity contribution in [2.24, 2.45) is 0 Å². The topological polar surface area (TPSA) is 67.4 Å². The van der Waals surface area contributed by atoms with Crippen molar-refractivity contribution in [3.63, 3.8) is 0 Å². The minimum atomic E-state index is -0.601. The maximum atomic E-state index is 11.9. The largest absolute Gasteiger partial charge is 0.480 e. The van der Waals surface area contributed by atoms with E-state index in [1.807, 2.05) is 24.3 Å².